The molecule has 36 heavy (non-hydrogen) atoms. The van der Waals surface area contributed by atoms with Gasteiger partial charge in [-0.25, -0.2) is 9.37 Å². The molecule has 5 rings (SSSR count). The molecule has 3 aromatic rings. The minimum absolute atomic E-state index is 0.216. The first-order chi connectivity index (χ1) is 17.5. The number of benzene rings is 2. The van der Waals surface area contributed by atoms with E-state index in [2.05, 4.69) is 75.6 Å². The standard InChI is InChI=1S/C29H34FN5O/c1-22(2)35-21-31-28(23-6-8-24(30)9-7-23)29(35)27-5-3-4-14-34(27)26-12-10-25(11-13-26)33-17-15-32(16-18-33)19-20-36/h3-13,21-22,36H,14-20H2,1-2H3. The Hall–Kier alpha value is -3.42. The fourth-order valence-corrected chi connectivity index (χ4v) is 5.00. The molecule has 1 N–H and O–H groups in total. The van der Waals surface area contributed by atoms with Crippen molar-refractivity contribution in [3.05, 3.63) is 84.6 Å². The van der Waals surface area contributed by atoms with Crippen molar-refractivity contribution in [1.29, 1.82) is 0 Å². The third kappa shape index (κ3) is 4.94. The summed E-state index contributed by atoms with van der Waals surface area (Å²) >= 11 is 0. The number of aromatic nitrogens is 2. The zero-order valence-electron chi connectivity index (χ0n) is 21.0. The van der Waals surface area contributed by atoms with Crippen molar-refractivity contribution in [1.82, 2.24) is 14.5 Å². The molecule has 1 aromatic heterocycles. The van der Waals surface area contributed by atoms with E-state index in [0.717, 1.165) is 67.6 Å². The summed E-state index contributed by atoms with van der Waals surface area (Å²) in [5, 5.41) is 9.20. The second-order valence-corrected chi connectivity index (χ2v) is 9.61. The Kier molecular flexibility index (Phi) is 7.20. The molecule has 0 saturated carbocycles. The Bertz CT molecular complexity index is 1220. The number of imidazole rings is 1. The van der Waals surface area contributed by atoms with Gasteiger partial charge in [0, 0.05) is 62.2 Å². The smallest absolute Gasteiger partial charge is 0.123 e. The molecule has 1 saturated heterocycles. The van der Waals surface area contributed by atoms with E-state index in [1.807, 2.05) is 6.33 Å². The number of hydrogen-bond acceptors (Lipinski definition) is 5. The van der Waals surface area contributed by atoms with Crippen molar-refractivity contribution in [2.45, 2.75) is 19.9 Å². The molecule has 2 aliphatic rings. The first kappa shape index (κ1) is 24.3. The van der Waals surface area contributed by atoms with Crippen molar-refractivity contribution in [3.8, 4) is 11.3 Å². The minimum atomic E-state index is -0.250. The van der Waals surface area contributed by atoms with Crippen molar-refractivity contribution >= 4 is 17.1 Å². The summed E-state index contributed by atoms with van der Waals surface area (Å²) in [6, 6.07) is 15.6. The molecule has 6 nitrogen and oxygen atoms in total. The maximum Gasteiger partial charge on any atom is 0.123 e. The lowest BCUT2D eigenvalue weighted by atomic mass is 10.0. The molecule has 1 fully saturated rings. The molecule has 0 atom stereocenters. The van der Waals surface area contributed by atoms with Crippen LogP contribution in [-0.4, -0.2) is 65.4 Å². The molecule has 0 bridgehead atoms. The number of allylic oxidation sites excluding steroid dienone is 2. The fraction of sp³-hybridized carbons (Fsp3) is 0.345. The average Bonchev–Trinajstić information content (AvgIpc) is 3.35. The monoisotopic (exact) mass is 487 g/mol. The molecule has 2 aliphatic heterocycles. The van der Waals surface area contributed by atoms with Crippen LogP contribution in [0.2, 0.25) is 0 Å². The lowest BCUT2D eigenvalue weighted by Crippen LogP contribution is -2.47. The summed E-state index contributed by atoms with van der Waals surface area (Å²) in [6.07, 6.45) is 8.28. The number of hydrogen-bond donors (Lipinski definition) is 1. The van der Waals surface area contributed by atoms with Gasteiger partial charge >= 0.3 is 0 Å². The highest BCUT2D eigenvalue weighted by Gasteiger charge is 2.25. The molecular weight excluding hydrogens is 453 g/mol. The van der Waals surface area contributed by atoms with E-state index in [4.69, 9.17) is 4.98 Å². The Morgan fingerprint density at radius 3 is 2.31 bits per heavy atom. The summed E-state index contributed by atoms with van der Waals surface area (Å²) in [6.45, 7) is 9.89. The zero-order chi connectivity index (χ0) is 25.1. The number of aliphatic hydroxyl groups is 1. The number of halogens is 1. The molecule has 0 radical (unpaired) electrons. The van der Waals surface area contributed by atoms with Crippen LogP contribution >= 0.6 is 0 Å². The van der Waals surface area contributed by atoms with Crippen LogP contribution in [0, 0.1) is 5.82 Å². The summed E-state index contributed by atoms with van der Waals surface area (Å²) in [5.41, 5.74) is 6.21. The lowest BCUT2D eigenvalue weighted by Gasteiger charge is -2.36. The van der Waals surface area contributed by atoms with Gasteiger partial charge in [0.25, 0.3) is 0 Å². The number of aliphatic hydroxyl groups excluding tert-OH is 1. The second kappa shape index (κ2) is 10.7. The van der Waals surface area contributed by atoms with Crippen molar-refractivity contribution in [2.24, 2.45) is 0 Å². The van der Waals surface area contributed by atoms with Crippen molar-refractivity contribution in [3.63, 3.8) is 0 Å². The predicted octanol–water partition coefficient (Wildman–Crippen LogP) is 4.80. The number of anilines is 2. The van der Waals surface area contributed by atoms with Crippen LogP contribution in [0.15, 0.2) is 73.1 Å². The van der Waals surface area contributed by atoms with Crippen molar-refractivity contribution in [2.75, 3.05) is 55.7 Å². The maximum atomic E-state index is 13.6. The Morgan fingerprint density at radius 2 is 1.64 bits per heavy atom. The van der Waals surface area contributed by atoms with Gasteiger partial charge in [0.2, 0.25) is 0 Å². The molecular formula is C29H34FN5O. The highest BCUT2D eigenvalue weighted by atomic mass is 19.1. The Labute approximate surface area is 212 Å². The summed E-state index contributed by atoms with van der Waals surface area (Å²) in [7, 11) is 0. The zero-order valence-corrected chi connectivity index (χ0v) is 21.0. The largest absolute Gasteiger partial charge is 0.395 e. The van der Waals surface area contributed by atoms with Gasteiger partial charge in [0.05, 0.1) is 30.0 Å². The third-order valence-electron chi connectivity index (χ3n) is 6.99. The van der Waals surface area contributed by atoms with Gasteiger partial charge in [-0.15, -0.1) is 0 Å². The summed E-state index contributed by atoms with van der Waals surface area (Å²) in [5.74, 6) is -0.250. The average molecular weight is 488 g/mol. The van der Waals surface area contributed by atoms with Crippen LogP contribution in [0.4, 0.5) is 15.8 Å². The van der Waals surface area contributed by atoms with E-state index >= 15 is 0 Å². The highest BCUT2D eigenvalue weighted by Crippen LogP contribution is 2.36. The lowest BCUT2D eigenvalue weighted by molar-refractivity contribution is 0.189. The minimum Gasteiger partial charge on any atom is -0.395 e. The third-order valence-corrected chi connectivity index (χ3v) is 6.99. The van der Waals surface area contributed by atoms with E-state index in [-0.39, 0.29) is 18.5 Å². The second-order valence-electron chi connectivity index (χ2n) is 9.61. The molecule has 2 aromatic carbocycles. The number of nitrogens with zero attached hydrogens (tertiary/aromatic N) is 5. The molecule has 7 heteroatoms. The van der Waals surface area contributed by atoms with Crippen LogP contribution in [0.1, 0.15) is 25.6 Å². The predicted molar refractivity (Wildman–Crippen MR) is 145 cm³/mol. The van der Waals surface area contributed by atoms with Gasteiger partial charge in [-0.3, -0.25) is 4.90 Å². The summed E-state index contributed by atoms with van der Waals surface area (Å²) < 4.78 is 15.8. The van der Waals surface area contributed by atoms with Gasteiger partial charge in [0.15, 0.2) is 0 Å². The van der Waals surface area contributed by atoms with E-state index in [1.165, 1.54) is 17.8 Å². The fourth-order valence-electron chi connectivity index (χ4n) is 5.00. The van der Waals surface area contributed by atoms with Crippen molar-refractivity contribution < 1.29 is 9.50 Å². The quantitative estimate of drug-likeness (QED) is 0.519. The van der Waals surface area contributed by atoms with Crippen LogP contribution in [0.3, 0.4) is 0 Å². The summed E-state index contributed by atoms with van der Waals surface area (Å²) in [4.78, 5) is 11.8. The number of piperazine rings is 1. The molecule has 3 heterocycles. The van der Waals surface area contributed by atoms with Gasteiger partial charge in [0.1, 0.15) is 5.82 Å². The van der Waals surface area contributed by atoms with Gasteiger partial charge in [-0.1, -0.05) is 12.2 Å². The molecule has 188 valence electrons. The van der Waals surface area contributed by atoms with Gasteiger partial charge in [-0.05, 0) is 68.5 Å². The molecule has 0 aliphatic carbocycles. The van der Waals surface area contributed by atoms with Crippen LogP contribution < -0.4 is 9.80 Å². The Balaban J connectivity index is 1.44. The van der Waals surface area contributed by atoms with E-state index in [1.54, 1.807) is 12.1 Å². The first-order valence-corrected chi connectivity index (χ1v) is 12.7. The Morgan fingerprint density at radius 1 is 0.944 bits per heavy atom. The topological polar surface area (TPSA) is 47.8 Å². The normalized spacial score (nSPS) is 16.6. The van der Waals surface area contributed by atoms with E-state index < -0.39 is 0 Å². The molecule has 0 spiro atoms. The van der Waals surface area contributed by atoms with Crippen LogP contribution in [-0.2, 0) is 0 Å². The maximum absolute atomic E-state index is 13.6. The van der Waals surface area contributed by atoms with E-state index in [9.17, 15) is 9.50 Å². The van der Waals surface area contributed by atoms with Gasteiger partial charge < -0.3 is 19.5 Å². The van der Waals surface area contributed by atoms with Crippen LogP contribution in [0.25, 0.3) is 17.0 Å². The number of β-amino-alcohol motifs (C(OH)–C–C–N with tert-alkyl or cyclic N) is 1. The van der Waals surface area contributed by atoms with Gasteiger partial charge in [-0.2, -0.15) is 0 Å². The van der Waals surface area contributed by atoms with Crippen LogP contribution in [0.5, 0.6) is 0 Å². The van der Waals surface area contributed by atoms with E-state index in [0.29, 0.717) is 0 Å². The highest BCUT2D eigenvalue weighted by molar-refractivity contribution is 5.87. The molecule has 0 unspecified atom stereocenters. The SMILES string of the molecule is CC(C)n1cnc(-c2ccc(F)cc2)c1C1=CC=CCN1c1ccc(N2CCN(CCO)CC2)cc1. The molecule has 0 amide bonds. The first-order valence-electron chi connectivity index (χ1n) is 12.7. The number of rotatable bonds is 7.